The molecule has 61 heavy (non-hydrogen) atoms. The molecule has 2 bridgehead atoms. The molecule has 14 heteroatoms. The molecule has 4 aliphatic rings. The van der Waals surface area contributed by atoms with E-state index < -0.39 is 24.3 Å². The van der Waals surface area contributed by atoms with E-state index in [-0.39, 0.29) is 47.8 Å². The first-order valence-electron chi connectivity index (χ1n) is 21.6. The number of likely N-dealkylation sites (tertiary alicyclic amines) is 2. The van der Waals surface area contributed by atoms with Crippen molar-refractivity contribution in [3.05, 3.63) is 72.3 Å². The zero-order chi connectivity index (χ0) is 42.4. The second kappa shape index (κ2) is 14.8. The highest BCUT2D eigenvalue weighted by atomic mass is 16.5. The second-order valence-electron chi connectivity index (χ2n) is 18.2. The van der Waals surface area contributed by atoms with Crippen molar-refractivity contribution in [2.24, 2.45) is 23.7 Å². The number of imidazole rings is 2. The van der Waals surface area contributed by atoms with Gasteiger partial charge in [0, 0.05) is 22.9 Å². The molecule has 4 amide bonds. The van der Waals surface area contributed by atoms with Crippen LogP contribution in [-0.4, -0.2) is 92.1 Å². The number of nitrogens with zero attached hydrogens (tertiary/aromatic N) is 4. The van der Waals surface area contributed by atoms with E-state index in [4.69, 9.17) is 19.4 Å². The van der Waals surface area contributed by atoms with Crippen molar-refractivity contribution in [3.8, 4) is 11.1 Å². The highest BCUT2D eigenvalue weighted by molar-refractivity contribution is 6.07. The minimum Gasteiger partial charge on any atom is -0.453 e. The van der Waals surface area contributed by atoms with Crippen LogP contribution in [-0.2, 0) is 19.1 Å². The van der Waals surface area contributed by atoms with Gasteiger partial charge in [-0.1, -0.05) is 64.1 Å². The van der Waals surface area contributed by atoms with E-state index in [1.807, 2.05) is 49.6 Å². The van der Waals surface area contributed by atoms with Gasteiger partial charge in [0.1, 0.15) is 23.7 Å². The summed E-state index contributed by atoms with van der Waals surface area (Å²) >= 11 is 0. The molecule has 2 saturated carbocycles. The third kappa shape index (κ3) is 6.53. The molecule has 8 atom stereocenters. The van der Waals surface area contributed by atoms with Gasteiger partial charge in [-0.15, -0.1) is 0 Å². The van der Waals surface area contributed by atoms with Crippen molar-refractivity contribution in [2.45, 2.75) is 96.1 Å². The third-order valence-corrected chi connectivity index (χ3v) is 13.9. The van der Waals surface area contributed by atoms with Crippen LogP contribution in [0.15, 0.2) is 60.7 Å². The van der Waals surface area contributed by atoms with Crippen molar-refractivity contribution in [1.29, 1.82) is 0 Å². The number of piperidine rings is 2. The Kier molecular flexibility index (Phi) is 9.44. The molecular weight excluding hydrogens is 773 g/mol. The summed E-state index contributed by atoms with van der Waals surface area (Å²) in [6.45, 7) is 7.73. The van der Waals surface area contributed by atoms with Crippen molar-refractivity contribution < 1.29 is 28.7 Å². The number of ether oxygens (including phenoxy) is 2. The highest BCUT2D eigenvalue weighted by Gasteiger charge is 2.56. The number of carbonyl (C=O) groups excluding carboxylic acids is 4. The molecule has 6 aromatic rings. The number of nitrogens with one attached hydrogen (secondary N) is 4. The van der Waals surface area contributed by atoms with E-state index in [1.165, 1.54) is 14.2 Å². The normalized spacial score (nSPS) is 23.9. The molecule has 0 spiro atoms. The fourth-order valence-corrected chi connectivity index (χ4v) is 10.7. The van der Waals surface area contributed by atoms with E-state index in [2.05, 4.69) is 69.1 Å². The van der Waals surface area contributed by atoms with Gasteiger partial charge in [-0.05, 0) is 102 Å². The molecule has 4 heterocycles. The molecule has 4 N–H and O–H groups in total. The first kappa shape index (κ1) is 39.0. The standard InChI is InChI=1S/C47H52N8O6/c1-22(2)37(52-46(58)60-5)44(56)54-30-12-7-28(19-30)41(54)43-49-34-16-11-27-18-25(9-14-32(27)40(34)51-43)24-8-13-31-26(17-24)10-15-33-39(31)50-42(48-33)36-21-29-20-35(29)55(36)45(57)38(23(3)4)53-47(59)61-6/h8-11,13-18,22-23,28-30,35-38,41H,7,12,19-21H2,1-6H3,(H,48,50)(H,49,51)(H,52,58)(H,53,59)/t28-,29+,30+,35+,36-,37-,38-,41-/m0/s1. The molecule has 14 nitrogen and oxygen atoms in total. The van der Waals surface area contributed by atoms with Gasteiger partial charge in [-0.2, -0.15) is 0 Å². The molecule has 0 unspecified atom stereocenters. The zero-order valence-corrected chi connectivity index (χ0v) is 35.3. The summed E-state index contributed by atoms with van der Waals surface area (Å²) in [6, 6.07) is 19.8. The van der Waals surface area contributed by atoms with Gasteiger partial charge in [0.05, 0.1) is 48.4 Å². The minimum absolute atomic E-state index is 0.0912. The lowest BCUT2D eigenvalue weighted by atomic mass is 9.95. The predicted octanol–water partition coefficient (Wildman–Crippen LogP) is 7.89. The summed E-state index contributed by atoms with van der Waals surface area (Å²) in [6.07, 6.45) is 3.50. The number of amides is 4. The van der Waals surface area contributed by atoms with Gasteiger partial charge in [0.25, 0.3) is 0 Å². The lowest BCUT2D eigenvalue weighted by Crippen LogP contribution is -2.54. The third-order valence-electron chi connectivity index (χ3n) is 13.9. The van der Waals surface area contributed by atoms with Crippen LogP contribution in [0, 0.1) is 23.7 Å². The van der Waals surface area contributed by atoms with Crippen molar-refractivity contribution in [3.63, 3.8) is 0 Å². The van der Waals surface area contributed by atoms with Crippen molar-refractivity contribution in [2.75, 3.05) is 14.2 Å². The number of benzene rings is 4. The topological polar surface area (TPSA) is 175 Å². The maximum absolute atomic E-state index is 14.1. The van der Waals surface area contributed by atoms with Crippen molar-refractivity contribution >= 4 is 67.6 Å². The second-order valence-corrected chi connectivity index (χ2v) is 18.2. The first-order chi connectivity index (χ1) is 29.4. The Morgan fingerprint density at radius 1 is 0.656 bits per heavy atom. The molecule has 10 rings (SSSR count). The van der Waals surface area contributed by atoms with Crippen LogP contribution in [0.1, 0.15) is 83.5 Å². The average Bonchev–Trinajstić information content (AvgIpc) is 3.85. The van der Waals surface area contributed by atoms with Crippen LogP contribution in [0.5, 0.6) is 0 Å². The summed E-state index contributed by atoms with van der Waals surface area (Å²) in [7, 11) is 2.62. The first-order valence-corrected chi connectivity index (χ1v) is 21.6. The molecular formula is C47H52N8O6. The summed E-state index contributed by atoms with van der Waals surface area (Å²) in [5.41, 5.74) is 5.75. The Morgan fingerprint density at radius 2 is 1.20 bits per heavy atom. The molecule has 2 aromatic heterocycles. The minimum atomic E-state index is -0.691. The molecule has 2 saturated heterocycles. The van der Waals surface area contributed by atoms with Gasteiger partial charge in [0.15, 0.2) is 0 Å². The number of aromatic nitrogens is 4. The molecule has 2 aliphatic carbocycles. The van der Waals surface area contributed by atoms with Gasteiger partial charge in [0.2, 0.25) is 11.8 Å². The number of fused-ring (bicyclic) bond motifs is 9. The summed E-state index contributed by atoms with van der Waals surface area (Å²) in [4.78, 5) is 73.8. The zero-order valence-electron chi connectivity index (χ0n) is 35.3. The monoisotopic (exact) mass is 824 g/mol. The van der Waals surface area contributed by atoms with Crippen LogP contribution >= 0.6 is 0 Å². The Labute approximate surface area is 353 Å². The molecule has 4 aromatic carbocycles. The maximum atomic E-state index is 14.1. The number of alkyl carbamates (subject to hydrolysis) is 2. The lowest BCUT2D eigenvalue weighted by molar-refractivity contribution is -0.139. The number of hydrogen-bond acceptors (Lipinski definition) is 8. The van der Waals surface area contributed by atoms with Crippen LogP contribution < -0.4 is 10.6 Å². The maximum Gasteiger partial charge on any atom is 0.407 e. The Hall–Kier alpha value is -6.18. The average molecular weight is 825 g/mol. The van der Waals surface area contributed by atoms with Crippen molar-refractivity contribution in [1.82, 2.24) is 40.4 Å². The summed E-state index contributed by atoms with van der Waals surface area (Å²) < 4.78 is 9.69. The predicted molar refractivity (Wildman–Crippen MR) is 231 cm³/mol. The van der Waals surface area contributed by atoms with E-state index in [0.29, 0.717) is 11.8 Å². The largest absolute Gasteiger partial charge is 0.453 e. The van der Waals surface area contributed by atoms with Gasteiger partial charge in [-0.3, -0.25) is 9.59 Å². The molecule has 4 fully saturated rings. The number of H-pyrrole nitrogens is 2. The van der Waals surface area contributed by atoms with E-state index in [9.17, 15) is 19.2 Å². The molecule has 0 radical (unpaired) electrons. The number of methoxy groups -OCH3 is 2. The van der Waals surface area contributed by atoms with Crippen LogP contribution in [0.25, 0.3) is 54.7 Å². The quantitative estimate of drug-likeness (QED) is 0.114. The van der Waals surface area contributed by atoms with E-state index >= 15 is 0 Å². The number of carbonyl (C=O) groups is 4. The smallest absolute Gasteiger partial charge is 0.407 e. The molecule has 2 aliphatic heterocycles. The Morgan fingerprint density at radius 3 is 1.75 bits per heavy atom. The fourth-order valence-electron chi connectivity index (χ4n) is 10.7. The van der Waals surface area contributed by atoms with Crippen LogP contribution in [0.3, 0.4) is 0 Å². The highest BCUT2D eigenvalue weighted by Crippen LogP contribution is 2.54. The van der Waals surface area contributed by atoms with E-state index in [0.717, 1.165) is 98.5 Å². The van der Waals surface area contributed by atoms with E-state index in [1.54, 1.807) is 0 Å². The molecule has 316 valence electrons. The SMILES string of the molecule is COC(=O)N[C@H](C(=O)N1[C@@H]2CC[C@@H](C2)[C@H]1c1nc2ccc3cc(-c4ccc5c(ccc6nc([C@@H]7C[C@H]8C[C@H]8N7C(=O)[C@@H](NC(=O)OC)C(C)C)[nH]c65)c4)ccc3c2[nH]1)C(C)C. The summed E-state index contributed by atoms with van der Waals surface area (Å²) in [5, 5.41) is 9.80. The number of aromatic amines is 2. The van der Waals surface area contributed by atoms with Crippen LogP contribution in [0.4, 0.5) is 9.59 Å². The van der Waals surface area contributed by atoms with Gasteiger partial charge >= 0.3 is 12.2 Å². The van der Waals surface area contributed by atoms with Gasteiger partial charge in [-0.25, -0.2) is 19.6 Å². The fraction of sp³-hybridized carbons (Fsp3) is 0.447. The number of rotatable bonds is 9. The Balaban J connectivity index is 0.926. The van der Waals surface area contributed by atoms with Gasteiger partial charge < -0.3 is 39.9 Å². The lowest BCUT2D eigenvalue weighted by Gasteiger charge is -2.37. The van der Waals surface area contributed by atoms with Crippen LogP contribution in [0.2, 0.25) is 0 Å². The Bertz CT molecular complexity index is 2760. The number of hydrogen-bond donors (Lipinski definition) is 4. The summed E-state index contributed by atoms with van der Waals surface area (Å²) in [5.74, 6) is 1.89.